The van der Waals surface area contributed by atoms with Crippen LogP contribution < -0.4 is 4.90 Å². The Kier molecular flexibility index (Phi) is 8.54. The third-order valence-electron chi connectivity index (χ3n) is 10.7. The van der Waals surface area contributed by atoms with Crippen LogP contribution in [0.2, 0.25) is 0 Å². The van der Waals surface area contributed by atoms with Crippen molar-refractivity contribution in [2.24, 2.45) is 0 Å². The summed E-state index contributed by atoms with van der Waals surface area (Å²) < 4.78 is 6.77. The summed E-state index contributed by atoms with van der Waals surface area (Å²) in [5, 5.41) is 2.23. The molecule has 1 aromatic heterocycles. The van der Waals surface area contributed by atoms with E-state index in [4.69, 9.17) is 11.0 Å². The molecular formula is C52H39NO. The van der Waals surface area contributed by atoms with Crippen LogP contribution in [-0.4, -0.2) is 0 Å². The van der Waals surface area contributed by atoms with Crippen LogP contribution >= 0.6 is 0 Å². The SMILES string of the molecule is C=C(/C=C\C=C/C)C1(c2ccccc2)c2cc(N(c3ccccc3)c3cccc(C4C#CC/C=C\C=C/4)c3)ccc2-c2c1ccc1c2oc2ccccc21. The van der Waals surface area contributed by atoms with E-state index < -0.39 is 5.41 Å². The fraction of sp³-hybridized carbons (Fsp3) is 0.0769. The van der Waals surface area contributed by atoms with Crippen LogP contribution in [0.4, 0.5) is 17.1 Å². The number of fused-ring (bicyclic) bond motifs is 7. The fourth-order valence-corrected chi connectivity index (χ4v) is 8.33. The maximum absolute atomic E-state index is 6.77. The van der Waals surface area contributed by atoms with Gasteiger partial charge >= 0.3 is 0 Å². The zero-order valence-corrected chi connectivity index (χ0v) is 30.2. The Bertz CT molecular complexity index is 2730. The number of benzene rings is 6. The molecule has 2 aliphatic carbocycles. The van der Waals surface area contributed by atoms with Crippen LogP contribution in [0.1, 0.15) is 41.5 Å². The second kappa shape index (κ2) is 14.0. The highest BCUT2D eigenvalue weighted by molar-refractivity contribution is 6.12. The van der Waals surface area contributed by atoms with E-state index in [9.17, 15) is 0 Å². The largest absolute Gasteiger partial charge is 0.455 e. The summed E-state index contributed by atoms with van der Waals surface area (Å²) in [6, 6.07) is 50.0. The molecule has 258 valence electrons. The number of furan rings is 1. The molecule has 0 amide bonds. The van der Waals surface area contributed by atoms with Gasteiger partial charge in [-0.3, -0.25) is 0 Å². The van der Waals surface area contributed by atoms with E-state index in [1.54, 1.807) is 0 Å². The molecule has 0 aliphatic heterocycles. The smallest absolute Gasteiger partial charge is 0.143 e. The molecule has 0 bridgehead atoms. The highest BCUT2D eigenvalue weighted by Crippen LogP contribution is 2.59. The van der Waals surface area contributed by atoms with E-state index in [0.717, 1.165) is 73.2 Å². The Morgan fingerprint density at radius 1 is 0.741 bits per heavy atom. The van der Waals surface area contributed by atoms with Crippen molar-refractivity contribution in [2.75, 3.05) is 4.90 Å². The molecule has 54 heavy (non-hydrogen) atoms. The molecule has 1 heterocycles. The van der Waals surface area contributed by atoms with Crippen LogP contribution in [0.5, 0.6) is 0 Å². The molecule has 0 saturated carbocycles. The van der Waals surface area contributed by atoms with Gasteiger partial charge in [0.15, 0.2) is 0 Å². The average molecular weight is 694 g/mol. The van der Waals surface area contributed by atoms with Crippen molar-refractivity contribution in [1.82, 2.24) is 0 Å². The molecule has 7 aromatic rings. The summed E-state index contributed by atoms with van der Waals surface area (Å²) in [6.07, 6.45) is 17.6. The highest BCUT2D eigenvalue weighted by atomic mass is 16.3. The van der Waals surface area contributed by atoms with E-state index in [1.807, 2.05) is 19.1 Å². The zero-order chi connectivity index (χ0) is 36.5. The van der Waals surface area contributed by atoms with Gasteiger partial charge in [-0.2, -0.15) is 0 Å². The summed E-state index contributed by atoms with van der Waals surface area (Å²) in [4.78, 5) is 2.36. The Labute approximate surface area is 317 Å². The van der Waals surface area contributed by atoms with E-state index >= 15 is 0 Å². The lowest BCUT2D eigenvalue weighted by molar-refractivity contribution is 0.669. The van der Waals surface area contributed by atoms with Crippen LogP contribution in [0, 0.1) is 11.8 Å². The van der Waals surface area contributed by atoms with Crippen molar-refractivity contribution in [3.8, 4) is 23.0 Å². The summed E-state index contributed by atoms with van der Waals surface area (Å²) in [6.45, 7) is 6.89. The minimum Gasteiger partial charge on any atom is -0.455 e. The van der Waals surface area contributed by atoms with Gasteiger partial charge in [-0.1, -0.05) is 164 Å². The molecule has 0 N–H and O–H groups in total. The summed E-state index contributed by atoms with van der Waals surface area (Å²) in [5.74, 6) is 6.82. The number of hydrogen-bond acceptors (Lipinski definition) is 2. The first-order chi connectivity index (χ1) is 26.7. The minimum absolute atomic E-state index is 0.00581. The standard InChI is InChI=1S/C52H39NO/c1-3-4-10-20-37(2)52(40-24-13-8-14-25-40)47-34-33-45-44-29-17-18-30-49(44)54-51(45)50(47)46-32-31-43(36-48(46)52)53(41-26-15-9-16-27-41)42-28-19-23-39(35-42)38-21-11-6-5-7-12-22-38/h3-6,8-11,13-21,23-36,38H,2,7H2,1H3/b4-3-,6-5-,20-10-,21-11-. The van der Waals surface area contributed by atoms with Gasteiger partial charge in [0.05, 0.1) is 11.3 Å². The first-order valence-electron chi connectivity index (χ1n) is 18.6. The topological polar surface area (TPSA) is 16.4 Å². The molecule has 9 rings (SSSR count). The van der Waals surface area contributed by atoms with Crippen LogP contribution in [-0.2, 0) is 5.41 Å². The lowest BCUT2D eigenvalue weighted by atomic mass is 9.67. The molecule has 0 fully saturated rings. The van der Waals surface area contributed by atoms with Gasteiger partial charge in [0.1, 0.15) is 11.2 Å². The lowest BCUT2D eigenvalue weighted by Crippen LogP contribution is -2.28. The van der Waals surface area contributed by atoms with Crippen molar-refractivity contribution in [1.29, 1.82) is 0 Å². The summed E-state index contributed by atoms with van der Waals surface area (Å²) in [7, 11) is 0. The quantitative estimate of drug-likeness (QED) is 0.116. The van der Waals surface area contributed by atoms with Crippen molar-refractivity contribution in [3.05, 3.63) is 223 Å². The number of rotatable bonds is 8. The Balaban J connectivity index is 1.32. The molecule has 2 heteroatoms. The van der Waals surface area contributed by atoms with Gasteiger partial charge in [-0.05, 0) is 82.8 Å². The Morgan fingerprint density at radius 3 is 2.37 bits per heavy atom. The van der Waals surface area contributed by atoms with Crippen LogP contribution in [0.25, 0.3) is 33.1 Å². The van der Waals surface area contributed by atoms with Gasteiger partial charge in [0.25, 0.3) is 0 Å². The van der Waals surface area contributed by atoms with Crippen molar-refractivity contribution in [2.45, 2.75) is 24.7 Å². The number of hydrogen-bond donors (Lipinski definition) is 0. The highest BCUT2D eigenvalue weighted by Gasteiger charge is 2.47. The molecule has 2 nitrogen and oxygen atoms in total. The number of allylic oxidation sites excluding steroid dienone is 9. The predicted octanol–water partition coefficient (Wildman–Crippen LogP) is 13.7. The molecule has 0 saturated heterocycles. The number of anilines is 3. The fourth-order valence-electron chi connectivity index (χ4n) is 8.33. The molecule has 0 radical (unpaired) electrons. The maximum atomic E-state index is 6.77. The molecule has 2 aliphatic rings. The van der Waals surface area contributed by atoms with E-state index in [0.29, 0.717) is 0 Å². The first kappa shape index (κ1) is 33.0. The van der Waals surface area contributed by atoms with Crippen LogP contribution in [0.3, 0.4) is 0 Å². The second-order valence-electron chi connectivity index (χ2n) is 13.8. The third-order valence-corrected chi connectivity index (χ3v) is 10.7. The van der Waals surface area contributed by atoms with Gasteiger partial charge in [0.2, 0.25) is 0 Å². The normalized spacial score (nSPS) is 18.5. The number of nitrogens with zero attached hydrogens (tertiary/aromatic N) is 1. The van der Waals surface area contributed by atoms with Crippen molar-refractivity contribution >= 4 is 39.0 Å². The third kappa shape index (κ3) is 5.45. The molecule has 0 spiro atoms. The Morgan fingerprint density at radius 2 is 1.52 bits per heavy atom. The molecule has 2 unspecified atom stereocenters. The Hall–Kier alpha value is -6.82. The number of para-hydroxylation sites is 2. The monoisotopic (exact) mass is 693 g/mol. The van der Waals surface area contributed by atoms with Gasteiger partial charge in [-0.15, -0.1) is 0 Å². The van der Waals surface area contributed by atoms with Crippen LogP contribution in [0.15, 0.2) is 205 Å². The zero-order valence-electron chi connectivity index (χ0n) is 30.2. The summed E-state index contributed by atoms with van der Waals surface area (Å²) in [5.41, 5.74) is 12.2. The van der Waals surface area contributed by atoms with Gasteiger partial charge < -0.3 is 9.32 Å². The average Bonchev–Trinajstić information content (AvgIpc) is 3.73. The second-order valence-corrected chi connectivity index (χ2v) is 13.8. The molecule has 2 atom stereocenters. The summed E-state index contributed by atoms with van der Waals surface area (Å²) >= 11 is 0. The first-order valence-corrected chi connectivity index (χ1v) is 18.6. The minimum atomic E-state index is -0.690. The maximum Gasteiger partial charge on any atom is 0.143 e. The molecule has 6 aromatic carbocycles. The van der Waals surface area contributed by atoms with E-state index in [1.165, 1.54) is 11.1 Å². The van der Waals surface area contributed by atoms with Gasteiger partial charge in [0, 0.05) is 39.8 Å². The molecular weight excluding hydrogens is 655 g/mol. The predicted molar refractivity (Wildman–Crippen MR) is 227 cm³/mol. The van der Waals surface area contributed by atoms with Crippen molar-refractivity contribution < 1.29 is 4.42 Å². The van der Waals surface area contributed by atoms with E-state index in [-0.39, 0.29) is 5.92 Å². The van der Waals surface area contributed by atoms with Crippen molar-refractivity contribution in [3.63, 3.8) is 0 Å². The lowest BCUT2D eigenvalue weighted by Gasteiger charge is -2.35. The van der Waals surface area contributed by atoms with E-state index in [2.05, 4.69) is 193 Å². The van der Waals surface area contributed by atoms with Gasteiger partial charge in [-0.25, -0.2) is 0 Å².